The Morgan fingerprint density at radius 2 is 2.04 bits per heavy atom. The van der Waals surface area contributed by atoms with Crippen LogP contribution in [0.1, 0.15) is 0 Å². The standard InChI is InChI=1S/C16H15N3O2S2/c1-21-12-8-5-9-13-15(12)17-16(23-13)19-18-14(20)10-22-11-6-3-2-4-7-11/h2-9H,10H2,1H3,(H,17,19)(H,18,20). The summed E-state index contributed by atoms with van der Waals surface area (Å²) in [7, 11) is 1.61. The van der Waals surface area contributed by atoms with E-state index in [2.05, 4.69) is 15.8 Å². The van der Waals surface area contributed by atoms with E-state index in [-0.39, 0.29) is 5.91 Å². The highest BCUT2D eigenvalue weighted by Gasteiger charge is 2.09. The molecule has 0 aliphatic carbocycles. The van der Waals surface area contributed by atoms with E-state index in [1.165, 1.54) is 23.1 Å². The van der Waals surface area contributed by atoms with Crippen molar-refractivity contribution in [2.45, 2.75) is 4.90 Å². The van der Waals surface area contributed by atoms with E-state index in [1.807, 2.05) is 48.5 Å². The van der Waals surface area contributed by atoms with Gasteiger partial charge in [0.05, 0.1) is 17.6 Å². The summed E-state index contributed by atoms with van der Waals surface area (Å²) in [4.78, 5) is 17.4. The summed E-state index contributed by atoms with van der Waals surface area (Å²) in [5, 5.41) is 0.627. The molecule has 1 amide bonds. The van der Waals surface area contributed by atoms with Crippen LogP contribution >= 0.6 is 23.1 Å². The van der Waals surface area contributed by atoms with Gasteiger partial charge in [0.1, 0.15) is 11.3 Å². The minimum absolute atomic E-state index is 0.106. The molecule has 3 rings (SSSR count). The van der Waals surface area contributed by atoms with Gasteiger partial charge in [0, 0.05) is 4.90 Å². The predicted molar refractivity (Wildman–Crippen MR) is 95.1 cm³/mol. The lowest BCUT2D eigenvalue weighted by atomic mass is 10.3. The van der Waals surface area contributed by atoms with Gasteiger partial charge in [-0.2, -0.15) is 0 Å². The minimum Gasteiger partial charge on any atom is -0.494 e. The SMILES string of the molecule is COc1cccc2sc(NNC(=O)CSc3ccccc3)nc12. The normalized spacial score (nSPS) is 10.5. The molecule has 0 aliphatic rings. The first-order chi connectivity index (χ1) is 11.3. The van der Waals surface area contributed by atoms with E-state index in [1.54, 1.807) is 7.11 Å². The lowest BCUT2D eigenvalue weighted by Crippen LogP contribution is -2.30. The number of para-hydroxylation sites is 1. The van der Waals surface area contributed by atoms with Crippen molar-refractivity contribution in [2.24, 2.45) is 0 Å². The fourth-order valence-electron chi connectivity index (χ4n) is 1.97. The van der Waals surface area contributed by atoms with Crippen LogP contribution in [-0.4, -0.2) is 23.8 Å². The predicted octanol–water partition coefficient (Wildman–Crippen LogP) is 3.54. The van der Waals surface area contributed by atoms with Crippen molar-refractivity contribution in [3.8, 4) is 5.75 Å². The van der Waals surface area contributed by atoms with Crippen molar-refractivity contribution < 1.29 is 9.53 Å². The molecule has 0 saturated heterocycles. The monoisotopic (exact) mass is 345 g/mol. The number of hydrogen-bond acceptors (Lipinski definition) is 6. The number of aromatic nitrogens is 1. The average Bonchev–Trinajstić information content (AvgIpc) is 3.02. The second kappa shape index (κ2) is 7.34. The van der Waals surface area contributed by atoms with Crippen LogP contribution in [0.25, 0.3) is 10.2 Å². The summed E-state index contributed by atoms with van der Waals surface area (Å²) in [5.74, 6) is 0.952. The lowest BCUT2D eigenvalue weighted by molar-refractivity contribution is -0.118. The van der Waals surface area contributed by atoms with Gasteiger partial charge in [-0.15, -0.1) is 11.8 Å². The highest BCUT2D eigenvalue weighted by molar-refractivity contribution is 8.00. The number of nitrogens with one attached hydrogen (secondary N) is 2. The van der Waals surface area contributed by atoms with Crippen molar-refractivity contribution in [3.05, 3.63) is 48.5 Å². The highest BCUT2D eigenvalue weighted by atomic mass is 32.2. The number of fused-ring (bicyclic) bond motifs is 1. The summed E-state index contributed by atoms with van der Waals surface area (Å²) in [6.07, 6.45) is 0. The summed E-state index contributed by atoms with van der Waals surface area (Å²) >= 11 is 2.95. The summed E-state index contributed by atoms with van der Waals surface area (Å²) in [5.41, 5.74) is 6.31. The van der Waals surface area contributed by atoms with Crippen LogP contribution in [0.4, 0.5) is 5.13 Å². The number of amides is 1. The Kier molecular flexibility index (Phi) is 4.99. The number of thiazole rings is 1. The molecule has 23 heavy (non-hydrogen) atoms. The van der Waals surface area contributed by atoms with Crippen LogP contribution in [0.15, 0.2) is 53.4 Å². The minimum atomic E-state index is -0.106. The zero-order valence-corrected chi connectivity index (χ0v) is 14.0. The molecule has 0 fully saturated rings. The van der Waals surface area contributed by atoms with Crippen LogP contribution in [0.3, 0.4) is 0 Å². The van der Waals surface area contributed by atoms with E-state index in [4.69, 9.17) is 4.74 Å². The Bertz CT molecular complexity index is 805. The Labute approximate surface area is 142 Å². The third kappa shape index (κ3) is 3.94. The molecule has 1 aromatic heterocycles. The largest absolute Gasteiger partial charge is 0.494 e. The molecule has 3 aromatic rings. The van der Waals surface area contributed by atoms with Gasteiger partial charge >= 0.3 is 0 Å². The Balaban J connectivity index is 1.56. The molecule has 2 aromatic carbocycles. The number of carbonyl (C=O) groups is 1. The number of ether oxygens (including phenoxy) is 1. The van der Waals surface area contributed by atoms with Gasteiger partial charge in [0.15, 0.2) is 0 Å². The smallest absolute Gasteiger partial charge is 0.248 e. The number of carbonyl (C=O) groups excluding carboxylic acids is 1. The number of thioether (sulfide) groups is 1. The van der Waals surface area contributed by atoms with Crippen LogP contribution < -0.4 is 15.6 Å². The first-order valence-corrected chi connectivity index (χ1v) is 8.73. The molecule has 0 spiro atoms. The fraction of sp³-hybridized carbons (Fsp3) is 0.125. The van der Waals surface area contributed by atoms with Gasteiger partial charge < -0.3 is 4.74 Å². The van der Waals surface area contributed by atoms with Crippen molar-refractivity contribution >= 4 is 44.4 Å². The maximum Gasteiger partial charge on any atom is 0.248 e. The molecule has 0 aliphatic heterocycles. The summed E-state index contributed by atoms with van der Waals surface area (Å²) in [6, 6.07) is 15.6. The molecule has 2 N–H and O–H groups in total. The molecule has 0 atom stereocenters. The zero-order valence-electron chi connectivity index (χ0n) is 12.4. The van der Waals surface area contributed by atoms with Crippen molar-refractivity contribution in [1.29, 1.82) is 0 Å². The Hall–Kier alpha value is -2.25. The van der Waals surface area contributed by atoms with Gasteiger partial charge in [0.2, 0.25) is 11.0 Å². The Morgan fingerprint density at radius 3 is 2.83 bits per heavy atom. The first kappa shape index (κ1) is 15.6. The molecular weight excluding hydrogens is 330 g/mol. The number of benzene rings is 2. The third-order valence-corrected chi connectivity index (χ3v) is 4.97. The molecule has 7 heteroatoms. The molecule has 0 radical (unpaired) electrons. The van der Waals surface area contributed by atoms with Crippen molar-refractivity contribution in [3.63, 3.8) is 0 Å². The molecule has 0 bridgehead atoms. The number of methoxy groups -OCH3 is 1. The number of anilines is 1. The van der Waals surface area contributed by atoms with Gasteiger partial charge in [-0.3, -0.25) is 15.6 Å². The summed E-state index contributed by atoms with van der Waals surface area (Å²) < 4.78 is 6.28. The fourth-order valence-corrected chi connectivity index (χ4v) is 3.52. The number of hydrogen-bond donors (Lipinski definition) is 2. The number of nitrogens with zero attached hydrogens (tertiary/aromatic N) is 1. The van der Waals surface area contributed by atoms with Gasteiger partial charge in [-0.1, -0.05) is 35.6 Å². The molecule has 5 nitrogen and oxygen atoms in total. The van der Waals surface area contributed by atoms with Crippen molar-refractivity contribution in [1.82, 2.24) is 10.4 Å². The molecule has 118 valence electrons. The molecule has 1 heterocycles. The quantitative estimate of drug-likeness (QED) is 0.528. The number of hydrazine groups is 1. The second-order valence-corrected chi connectivity index (χ2v) is 6.68. The van der Waals surface area contributed by atoms with E-state index >= 15 is 0 Å². The van der Waals surface area contributed by atoms with E-state index in [0.29, 0.717) is 10.9 Å². The second-order valence-electron chi connectivity index (χ2n) is 4.60. The van der Waals surface area contributed by atoms with Gasteiger partial charge in [-0.25, -0.2) is 4.98 Å². The lowest BCUT2D eigenvalue weighted by Gasteiger charge is -2.05. The van der Waals surface area contributed by atoms with E-state index in [9.17, 15) is 4.79 Å². The maximum atomic E-state index is 11.9. The topological polar surface area (TPSA) is 63.2 Å². The maximum absolute atomic E-state index is 11.9. The molecule has 0 saturated carbocycles. The van der Waals surface area contributed by atoms with Gasteiger partial charge in [-0.05, 0) is 24.3 Å². The van der Waals surface area contributed by atoms with Gasteiger partial charge in [0.25, 0.3) is 0 Å². The highest BCUT2D eigenvalue weighted by Crippen LogP contribution is 2.31. The zero-order chi connectivity index (χ0) is 16.1. The first-order valence-electron chi connectivity index (χ1n) is 6.92. The Morgan fingerprint density at radius 1 is 1.22 bits per heavy atom. The van der Waals surface area contributed by atoms with E-state index in [0.717, 1.165) is 20.9 Å². The van der Waals surface area contributed by atoms with Crippen LogP contribution in [0, 0.1) is 0 Å². The summed E-state index contributed by atoms with van der Waals surface area (Å²) in [6.45, 7) is 0. The van der Waals surface area contributed by atoms with Crippen LogP contribution in [0.2, 0.25) is 0 Å². The third-order valence-electron chi connectivity index (χ3n) is 3.02. The number of rotatable bonds is 6. The van der Waals surface area contributed by atoms with Crippen molar-refractivity contribution in [2.75, 3.05) is 18.3 Å². The van der Waals surface area contributed by atoms with Crippen LogP contribution in [-0.2, 0) is 4.79 Å². The molecule has 0 unspecified atom stereocenters. The average molecular weight is 345 g/mol. The van der Waals surface area contributed by atoms with Crippen LogP contribution in [0.5, 0.6) is 5.75 Å². The molecular formula is C16H15N3O2S2. The van der Waals surface area contributed by atoms with E-state index < -0.39 is 0 Å².